The largest absolute Gasteiger partial charge is 0.437 e. The van der Waals surface area contributed by atoms with Crippen LogP contribution in [0.5, 0.6) is 0 Å². The molecule has 15 heterocycles. The molecule has 0 unspecified atom stereocenters. The topological polar surface area (TPSA) is 150 Å². The maximum absolute atomic E-state index is 8.07. The second kappa shape index (κ2) is 37.4. The summed E-state index contributed by atoms with van der Waals surface area (Å²) in [7, 11) is 10.2. The fraction of sp³-hybridized carbons (Fsp3) is 0.120. The monoisotopic (exact) mass is 1830 g/mol. The lowest BCUT2D eigenvalue weighted by molar-refractivity contribution is -0.660. The Kier molecular flexibility index (Phi) is 22.9. The zero-order valence-electron chi connectivity index (χ0n) is 83.7. The first-order valence-corrected chi connectivity index (χ1v) is 47.1. The van der Waals surface area contributed by atoms with Gasteiger partial charge in [0.1, 0.15) is 35.2 Å². The minimum Gasteiger partial charge on any atom is -0.437 e. The van der Waals surface area contributed by atoms with E-state index < -0.39 is 6.85 Å². The van der Waals surface area contributed by atoms with Crippen LogP contribution in [0.2, 0.25) is 0 Å². The van der Waals surface area contributed by atoms with E-state index in [2.05, 4.69) is 370 Å². The first kappa shape index (κ1) is 85.6. The molecule has 0 saturated heterocycles. The average molecular weight is 1830 g/mol. The van der Waals surface area contributed by atoms with Crippen LogP contribution in [-0.2, 0) is 35.2 Å². The highest BCUT2D eigenvalue weighted by Gasteiger charge is 2.31. The fourth-order valence-electron chi connectivity index (χ4n) is 20.1. The van der Waals surface area contributed by atoms with E-state index in [9.17, 15) is 0 Å². The molecule has 15 nitrogen and oxygen atoms in total. The molecule has 0 aliphatic heterocycles. The van der Waals surface area contributed by atoms with Crippen LogP contribution >= 0.6 is 0 Å². The molecule has 0 bridgehead atoms. The lowest BCUT2D eigenvalue weighted by Gasteiger charge is -2.11. The van der Waals surface area contributed by atoms with Crippen molar-refractivity contribution < 1.29 is 49.0 Å². The van der Waals surface area contributed by atoms with E-state index in [-0.39, 0.29) is 0 Å². The number of pyridine rings is 10. The number of aromatic nitrogens is 10. The number of fused-ring (bicyclic) bond motifs is 15. The van der Waals surface area contributed by atoms with Crippen LogP contribution in [0.4, 0.5) is 0 Å². The molecule has 0 spiro atoms. The molecular weight excluding hydrogens is 1720 g/mol. The Morgan fingerprint density at radius 2 is 0.471 bits per heavy atom. The van der Waals surface area contributed by atoms with Crippen LogP contribution in [0.3, 0.4) is 0 Å². The highest BCUT2D eigenvalue weighted by atomic mass is 16.4. The van der Waals surface area contributed by atoms with Crippen molar-refractivity contribution in [2.24, 2.45) is 35.2 Å². The molecule has 0 fully saturated rings. The van der Waals surface area contributed by atoms with E-state index in [0.29, 0.717) is 39.7 Å². The lowest BCUT2D eigenvalue weighted by Crippen LogP contribution is -2.31. The second-order valence-corrected chi connectivity index (χ2v) is 36.4. The van der Waals surface area contributed by atoms with Crippen LogP contribution in [0.25, 0.3) is 222 Å². The van der Waals surface area contributed by atoms with Gasteiger partial charge in [-0.3, -0.25) is 0 Å². The number of hydrogen-bond acceptors (Lipinski definition) is 10. The quantitative estimate of drug-likeness (QED) is 0.121. The minimum atomic E-state index is -2.23. The van der Waals surface area contributed by atoms with Gasteiger partial charge in [-0.1, -0.05) is 200 Å². The number of aryl methyl sites for hydroxylation is 15. The number of benzene rings is 10. The summed E-state index contributed by atoms with van der Waals surface area (Å²) in [5.41, 5.74) is 40.8. The smallest absolute Gasteiger partial charge is 0.227 e. The van der Waals surface area contributed by atoms with Gasteiger partial charge in [-0.2, -0.15) is 0 Å². The Morgan fingerprint density at radius 3 is 0.786 bits per heavy atom. The molecule has 0 aliphatic carbocycles. The van der Waals surface area contributed by atoms with Gasteiger partial charge in [-0.05, 0) is 224 Å². The third-order valence-electron chi connectivity index (χ3n) is 27.0. The Hall–Kier alpha value is -17.3. The molecule has 25 aromatic rings. The van der Waals surface area contributed by atoms with E-state index >= 15 is 0 Å². The van der Waals surface area contributed by atoms with Crippen molar-refractivity contribution in [1.29, 1.82) is 0 Å². The fourth-order valence-corrected chi connectivity index (χ4v) is 20.1. The van der Waals surface area contributed by atoms with Crippen LogP contribution in [0, 0.1) is 69.2 Å². The summed E-state index contributed by atoms with van der Waals surface area (Å²) in [4.78, 5) is 22.1. The first-order valence-electron chi connectivity index (χ1n) is 48.6. The number of nitrogens with zero attached hydrogens (tertiary/aromatic N) is 10. The number of furan rings is 5. The lowest BCUT2D eigenvalue weighted by atomic mass is 9.94. The maximum Gasteiger partial charge on any atom is 0.227 e. The molecule has 0 N–H and O–H groups in total. The summed E-state index contributed by atoms with van der Waals surface area (Å²) in [5.74, 6) is 0. The first-order chi connectivity index (χ1) is 69.4. The van der Waals surface area contributed by atoms with E-state index in [4.69, 9.17) is 26.2 Å². The summed E-state index contributed by atoms with van der Waals surface area (Å²) in [6.07, 6.45) is 19.2. The predicted octanol–water partition coefficient (Wildman–Crippen LogP) is 28.8. The van der Waals surface area contributed by atoms with Gasteiger partial charge < -0.3 is 22.1 Å². The van der Waals surface area contributed by atoms with Gasteiger partial charge in [0.25, 0.3) is 0 Å². The van der Waals surface area contributed by atoms with Crippen LogP contribution < -0.4 is 22.8 Å². The molecule has 0 atom stereocenters. The van der Waals surface area contributed by atoms with E-state index in [1.54, 1.807) is 37.2 Å². The van der Waals surface area contributed by atoms with Gasteiger partial charge in [-0.15, -0.1) is 0 Å². The van der Waals surface area contributed by atoms with Gasteiger partial charge in [0.05, 0.1) is 27.8 Å². The van der Waals surface area contributed by atoms with E-state index in [1.165, 1.54) is 89.0 Å². The Morgan fingerprint density at radius 1 is 0.207 bits per heavy atom. The number of rotatable bonds is 10. The summed E-state index contributed by atoms with van der Waals surface area (Å²) in [6, 6.07) is 104. The zero-order chi connectivity index (χ0) is 98.8. The highest BCUT2D eigenvalue weighted by Crippen LogP contribution is 2.46. The van der Waals surface area contributed by atoms with E-state index in [1.807, 2.05) is 103 Å². The molecule has 0 saturated carbocycles. The molecule has 15 heteroatoms. The standard InChI is InChI=1S/C26H23N2O.3C25H21N2O.C24H19N2O/c1-16-13-17(2)24(25-23(16)20-11-8-12-27-26(20)29-25)22-14-21(18(3)15-28(22)4)19-9-6-5-7-10-19;2*1-16-11-12-19-20-10-7-13-26-25(20)28-24(19)23(16)22-14-21(17(2)15-27(22)3)18-8-5-4-6-9-18;1-16-14-17(2)23(24-22(16)20-10-7-12-26-25(20)28-24)21-15-19(11-13-27(21)3)18-8-5-4-6-9-18;1-16-10-11-19-20-9-6-13-25-24(20)27-23(19)22(16)21-15-18(12-14-26(21)2)17-7-4-3-5-8-17/h5-15H,1-4H3;3*4-15H,1-3H3;3-15H,1-2H3/q5*+1/i;2D3;;;. The summed E-state index contributed by atoms with van der Waals surface area (Å²) < 4.78 is 66.0. The summed E-state index contributed by atoms with van der Waals surface area (Å²) in [6.45, 7) is 17.0. The van der Waals surface area contributed by atoms with Gasteiger partial charge in [0.2, 0.25) is 57.0 Å². The molecule has 10 aromatic carbocycles. The molecule has 140 heavy (non-hydrogen) atoms. The third kappa shape index (κ3) is 16.6. The Labute approximate surface area is 816 Å². The van der Waals surface area contributed by atoms with Gasteiger partial charge >= 0.3 is 0 Å². The summed E-state index contributed by atoms with van der Waals surface area (Å²) >= 11 is 0. The third-order valence-corrected chi connectivity index (χ3v) is 27.0. The van der Waals surface area contributed by atoms with Crippen LogP contribution in [0.15, 0.2) is 387 Å². The molecular formula is C125H105N10O5+5. The van der Waals surface area contributed by atoms with Crippen LogP contribution in [0.1, 0.15) is 59.7 Å². The van der Waals surface area contributed by atoms with Gasteiger partial charge in [0, 0.05) is 148 Å². The van der Waals surface area contributed by atoms with Crippen molar-refractivity contribution in [2.75, 3.05) is 0 Å². The highest BCUT2D eigenvalue weighted by molar-refractivity contribution is 6.14. The normalized spacial score (nSPS) is 11.8. The molecule has 15 aromatic heterocycles. The maximum atomic E-state index is 8.07. The average Bonchev–Trinajstić information content (AvgIpc) is 1.62. The Bertz CT molecular complexity index is 9250. The summed E-state index contributed by atoms with van der Waals surface area (Å²) in [5, 5.41) is 10.7. The SMILES string of the molecule is Cc1c[n+](C)c(-c2c(C)cc(C)c3c2oc2ncccc23)cc1-c1ccccc1.Cc1c[n+](C)c(-c2c(C)ccc3c2oc2ncccc23)cc1-c1ccccc1.Cc1cc(C)c2c(oc3ncccc32)c1-c1cc(-c2ccccc2)cc[n+]1C.Cc1ccc2c(oc3ncccc32)c1-c1cc(-c2ccccc2)cc[n+]1C.[2H]C([2H])([2H])c1c[n+](C)c(-c2c(C)ccc3c2oc2ncccc23)cc1-c1ccccc1. The Balaban J connectivity index is 0.000000106. The minimum absolute atomic E-state index is 0.320. The molecule has 0 amide bonds. The molecule has 25 rings (SSSR count). The van der Waals surface area contributed by atoms with Crippen molar-refractivity contribution in [1.82, 2.24) is 24.9 Å². The zero-order valence-corrected chi connectivity index (χ0v) is 80.7. The van der Waals surface area contributed by atoms with Crippen molar-refractivity contribution in [2.45, 2.75) is 69.2 Å². The molecule has 680 valence electrons. The molecule has 0 aliphatic rings. The van der Waals surface area contributed by atoms with Gasteiger partial charge in [0.15, 0.2) is 58.9 Å². The number of hydrogen-bond donors (Lipinski definition) is 0. The molecule has 0 radical (unpaired) electrons. The second-order valence-electron chi connectivity index (χ2n) is 36.4. The predicted molar refractivity (Wildman–Crippen MR) is 565 cm³/mol. The van der Waals surface area contributed by atoms with Gasteiger partial charge in [-0.25, -0.2) is 47.8 Å². The van der Waals surface area contributed by atoms with Crippen molar-refractivity contribution in [3.63, 3.8) is 0 Å². The van der Waals surface area contributed by atoms with E-state index in [0.717, 1.165) is 149 Å². The van der Waals surface area contributed by atoms with Crippen molar-refractivity contribution in [3.8, 4) is 112 Å². The van der Waals surface area contributed by atoms with Crippen LogP contribution in [-0.4, -0.2) is 24.9 Å². The van der Waals surface area contributed by atoms with Crippen molar-refractivity contribution in [3.05, 3.63) is 421 Å². The van der Waals surface area contributed by atoms with Crippen molar-refractivity contribution >= 4 is 110 Å².